The maximum atomic E-state index is 11.9. The summed E-state index contributed by atoms with van der Waals surface area (Å²) in [5.74, 6) is -0.493. The van der Waals surface area contributed by atoms with Crippen LogP contribution in [-0.2, 0) is 9.59 Å². The van der Waals surface area contributed by atoms with Crippen molar-refractivity contribution in [1.29, 1.82) is 0 Å². The van der Waals surface area contributed by atoms with Crippen LogP contribution in [-0.4, -0.2) is 54.3 Å². The molecule has 0 spiro atoms. The Balaban J connectivity index is 1.75. The van der Waals surface area contributed by atoms with Gasteiger partial charge >= 0.3 is 6.03 Å². The zero-order valence-corrected chi connectivity index (χ0v) is 12.7. The summed E-state index contributed by atoms with van der Waals surface area (Å²) >= 11 is 0. The topological polar surface area (TPSA) is 69.7 Å². The number of nitrogens with one attached hydrogen (secondary N) is 1. The van der Waals surface area contributed by atoms with Gasteiger partial charge in [0.15, 0.2) is 0 Å². The molecule has 1 atom stereocenters. The normalized spacial score (nSPS) is 22.6. The Bertz CT molecular complexity index is 473. The first-order valence-electron chi connectivity index (χ1n) is 7.49. The zero-order valence-electron chi connectivity index (χ0n) is 12.7. The third-order valence-corrected chi connectivity index (χ3v) is 4.20. The lowest BCUT2D eigenvalue weighted by Crippen LogP contribution is -2.37. The SMILES string of the molecule is CN1C(=O)C(CC(=O)NCCC2=CCCCC2)N(C)C1=O. The van der Waals surface area contributed by atoms with Crippen molar-refractivity contribution in [3.63, 3.8) is 0 Å². The molecule has 0 aromatic heterocycles. The van der Waals surface area contributed by atoms with Gasteiger partial charge in [-0.2, -0.15) is 0 Å². The van der Waals surface area contributed by atoms with Crippen molar-refractivity contribution in [3.8, 4) is 0 Å². The average molecular weight is 293 g/mol. The molecule has 0 saturated carbocycles. The fourth-order valence-electron chi connectivity index (χ4n) is 2.82. The van der Waals surface area contributed by atoms with Gasteiger partial charge in [0, 0.05) is 20.6 Å². The fraction of sp³-hybridized carbons (Fsp3) is 0.667. The summed E-state index contributed by atoms with van der Waals surface area (Å²) in [4.78, 5) is 37.8. The van der Waals surface area contributed by atoms with Gasteiger partial charge in [-0.3, -0.25) is 14.5 Å². The highest BCUT2D eigenvalue weighted by atomic mass is 16.2. The van der Waals surface area contributed by atoms with E-state index in [0.717, 1.165) is 24.2 Å². The lowest BCUT2D eigenvalue weighted by Gasteiger charge is -2.16. The van der Waals surface area contributed by atoms with E-state index in [2.05, 4.69) is 11.4 Å². The predicted molar refractivity (Wildman–Crippen MR) is 78.5 cm³/mol. The van der Waals surface area contributed by atoms with Crippen molar-refractivity contribution >= 4 is 17.8 Å². The van der Waals surface area contributed by atoms with Crippen LogP contribution in [0.25, 0.3) is 0 Å². The van der Waals surface area contributed by atoms with Crippen LogP contribution < -0.4 is 5.32 Å². The molecule has 4 amide bonds. The molecule has 21 heavy (non-hydrogen) atoms. The van der Waals surface area contributed by atoms with Crippen molar-refractivity contribution in [3.05, 3.63) is 11.6 Å². The van der Waals surface area contributed by atoms with Crippen LogP contribution in [0.2, 0.25) is 0 Å². The number of nitrogens with zero attached hydrogens (tertiary/aromatic N) is 2. The molecule has 0 radical (unpaired) electrons. The van der Waals surface area contributed by atoms with E-state index in [4.69, 9.17) is 0 Å². The third kappa shape index (κ3) is 3.62. The largest absolute Gasteiger partial charge is 0.356 e. The number of carbonyl (C=O) groups excluding carboxylic acids is 3. The predicted octanol–water partition coefficient (Wildman–Crippen LogP) is 1.28. The van der Waals surface area contributed by atoms with Crippen LogP contribution in [0.4, 0.5) is 4.79 Å². The van der Waals surface area contributed by atoms with Gasteiger partial charge in [-0.15, -0.1) is 0 Å². The van der Waals surface area contributed by atoms with E-state index in [-0.39, 0.29) is 24.3 Å². The minimum absolute atomic E-state index is 0.0322. The van der Waals surface area contributed by atoms with Gasteiger partial charge in [0.25, 0.3) is 5.91 Å². The Kier molecular flexibility index (Phi) is 4.98. The van der Waals surface area contributed by atoms with Crippen molar-refractivity contribution < 1.29 is 14.4 Å². The molecule has 1 N–H and O–H groups in total. The Labute approximate surface area is 125 Å². The van der Waals surface area contributed by atoms with Crippen LogP contribution in [0.15, 0.2) is 11.6 Å². The van der Waals surface area contributed by atoms with E-state index < -0.39 is 6.04 Å². The second-order valence-electron chi connectivity index (χ2n) is 5.72. The molecular weight excluding hydrogens is 270 g/mol. The summed E-state index contributed by atoms with van der Waals surface area (Å²) in [7, 11) is 2.99. The number of carbonyl (C=O) groups is 3. The Hall–Kier alpha value is -1.85. The second-order valence-corrected chi connectivity index (χ2v) is 5.72. The second kappa shape index (κ2) is 6.74. The van der Waals surface area contributed by atoms with Crippen molar-refractivity contribution in [2.45, 2.75) is 44.6 Å². The first-order chi connectivity index (χ1) is 10.0. The Morgan fingerprint density at radius 2 is 2.10 bits per heavy atom. The number of amides is 4. The zero-order chi connectivity index (χ0) is 15.4. The van der Waals surface area contributed by atoms with E-state index in [9.17, 15) is 14.4 Å². The number of likely N-dealkylation sites (N-methyl/N-ethyl adjacent to an activating group) is 2. The van der Waals surface area contributed by atoms with Gasteiger partial charge < -0.3 is 10.2 Å². The van der Waals surface area contributed by atoms with Gasteiger partial charge in [0.05, 0.1) is 6.42 Å². The van der Waals surface area contributed by atoms with E-state index in [1.54, 1.807) is 7.05 Å². The highest BCUT2D eigenvalue weighted by Crippen LogP contribution is 2.19. The third-order valence-electron chi connectivity index (χ3n) is 4.20. The highest BCUT2D eigenvalue weighted by Gasteiger charge is 2.41. The maximum Gasteiger partial charge on any atom is 0.326 e. The van der Waals surface area contributed by atoms with E-state index in [1.165, 1.54) is 30.4 Å². The van der Waals surface area contributed by atoms with Crippen LogP contribution >= 0.6 is 0 Å². The van der Waals surface area contributed by atoms with Crippen LogP contribution in [0.1, 0.15) is 38.5 Å². The molecule has 1 saturated heterocycles. The quantitative estimate of drug-likeness (QED) is 0.613. The number of hydrogen-bond donors (Lipinski definition) is 1. The van der Waals surface area contributed by atoms with Gasteiger partial charge in [-0.25, -0.2) is 4.79 Å². The minimum Gasteiger partial charge on any atom is -0.356 e. The van der Waals surface area contributed by atoms with E-state index in [0.29, 0.717) is 6.54 Å². The molecule has 6 nitrogen and oxygen atoms in total. The Morgan fingerprint density at radius 3 is 2.67 bits per heavy atom. The summed E-state index contributed by atoms with van der Waals surface area (Å²) in [6, 6.07) is -1.03. The molecule has 116 valence electrons. The molecule has 2 rings (SSSR count). The molecule has 1 aliphatic carbocycles. The van der Waals surface area contributed by atoms with Crippen LogP contribution in [0.3, 0.4) is 0 Å². The Morgan fingerprint density at radius 1 is 1.33 bits per heavy atom. The molecular formula is C15H23N3O3. The molecule has 6 heteroatoms. The fourth-order valence-corrected chi connectivity index (χ4v) is 2.82. The average Bonchev–Trinajstić information content (AvgIpc) is 2.66. The van der Waals surface area contributed by atoms with Crippen molar-refractivity contribution in [2.75, 3.05) is 20.6 Å². The maximum absolute atomic E-state index is 11.9. The number of imide groups is 1. The lowest BCUT2D eigenvalue weighted by molar-refractivity contribution is -0.131. The van der Waals surface area contributed by atoms with Gasteiger partial charge in [0.1, 0.15) is 6.04 Å². The summed E-state index contributed by atoms with van der Waals surface area (Å²) in [5.41, 5.74) is 1.41. The lowest BCUT2D eigenvalue weighted by atomic mass is 9.97. The van der Waals surface area contributed by atoms with Crippen LogP contribution in [0.5, 0.6) is 0 Å². The van der Waals surface area contributed by atoms with Crippen LogP contribution in [0, 0.1) is 0 Å². The molecule has 1 unspecified atom stereocenters. The van der Waals surface area contributed by atoms with Crippen molar-refractivity contribution in [1.82, 2.24) is 15.1 Å². The molecule has 0 bridgehead atoms. The smallest absolute Gasteiger partial charge is 0.326 e. The number of urea groups is 1. The molecule has 0 aromatic rings. The van der Waals surface area contributed by atoms with Crippen molar-refractivity contribution in [2.24, 2.45) is 0 Å². The van der Waals surface area contributed by atoms with Gasteiger partial charge in [-0.05, 0) is 32.1 Å². The first-order valence-corrected chi connectivity index (χ1v) is 7.49. The summed E-state index contributed by atoms with van der Waals surface area (Å²) in [6.07, 6.45) is 7.92. The molecule has 1 aliphatic heterocycles. The van der Waals surface area contributed by atoms with Gasteiger partial charge in [0.2, 0.25) is 5.91 Å². The van der Waals surface area contributed by atoms with E-state index in [1.807, 2.05) is 0 Å². The molecule has 1 fully saturated rings. The van der Waals surface area contributed by atoms with Gasteiger partial charge in [-0.1, -0.05) is 11.6 Å². The summed E-state index contributed by atoms with van der Waals surface area (Å²) in [6.45, 7) is 0.596. The minimum atomic E-state index is -0.670. The number of allylic oxidation sites excluding steroid dienone is 1. The first kappa shape index (κ1) is 15.5. The monoisotopic (exact) mass is 293 g/mol. The highest BCUT2D eigenvalue weighted by molar-refractivity contribution is 6.05. The molecule has 2 aliphatic rings. The number of hydrogen-bond acceptors (Lipinski definition) is 3. The summed E-state index contributed by atoms with van der Waals surface area (Å²) < 4.78 is 0. The summed E-state index contributed by atoms with van der Waals surface area (Å²) in [5, 5.41) is 2.84. The van der Waals surface area contributed by atoms with E-state index >= 15 is 0 Å². The molecule has 1 heterocycles. The standard InChI is InChI=1S/C15H23N3O3/c1-17-12(14(20)18(2)15(17)21)10-13(19)16-9-8-11-6-4-3-5-7-11/h6,12H,3-5,7-10H2,1-2H3,(H,16,19). The molecule has 0 aromatic carbocycles. The number of rotatable bonds is 5.